The fraction of sp³-hybridized carbons (Fsp3) is 0.444. The monoisotopic (exact) mass is 462 g/mol. The minimum absolute atomic E-state index is 0.0699. The molecule has 2 aliphatic carbocycles. The predicted molar refractivity (Wildman–Crippen MR) is 126 cm³/mol. The first-order valence-corrected chi connectivity index (χ1v) is 11.9. The molecule has 1 saturated carbocycles. The van der Waals surface area contributed by atoms with E-state index in [0.29, 0.717) is 32.2 Å². The largest absolute Gasteiger partial charge is 0.479 e. The standard InChI is InChI=1S/C27H30N2O5/c1-3-8-22(23(30)29-16-26(2)14-27(29,15-26)24(31)32)28-25(33)34-13-21-19-11-6-4-9-17(19)18-10-5-7-12-20(18)21/h4-7,9-12,21-22H,3,8,13-16H2,1-2H3,(H,28,33)(H,31,32)/t22-,26?,27?/m1/s1. The van der Waals surface area contributed by atoms with E-state index in [1.54, 1.807) is 0 Å². The highest BCUT2D eigenvalue weighted by Gasteiger charge is 2.69. The Morgan fingerprint density at radius 2 is 1.68 bits per heavy atom. The van der Waals surface area contributed by atoms with Gasteiger partial charge < -0.3 is 20.1 Å². The molecule has 0 unspecified atom stereocenters. The summed E-state index contributed by atoms with van der Waals surface area (Å²) < 4.78 is 5.62. The summed E-state index contributed by atoms with van der Waals surface area (Å²) in [6.07, 6.45) is 1.36. The SMILES string of the molecule is CCC[C@@H](NC(=O)OCC1c2ccccc2-c2ccccc21)C(=O)N1CC2(C)CC1(C(=O)O)C2. The fourth-order valence-electron chi connectivity index (χ4n) is 6.27. The summed E-state index contributed by atoms with van der Waals surface area (Å²) in [5.41, 5.74) is 3.23. The van der Waals surface area contributed by atoms with Crippen molar-refractivity contribution in [3.05, 3.63) is 59.7 Å². The van der Waals surface area contributed by atoms with Gasteiger partial charge in [0.25, 0.3) is 0 Å². The third-order valence-electron chi connectivity index (χ3n) is 7.67. The molecule has 2 saturated heterocycles. The maximum absolute atomic E-state index is 13.3. The Kier molecular flexibility index (Phi) is 5.38. The van der Waals surface area contributed by atoms with Crippen molar-refractivity contribution in [2.24, 2.45) is 5.41 Å². The summed E-state index contributed by atoms with van der Waals surface area (Å²) in [7, 11) is 0. The number of amides is 2. The number of rotatable bonds is 7. The molecule has 0 spiro atoms. The number of hydrogen-bond donors (Lipinski definition) is 2. The van der Waals surface area contributed by atoms with Gasteiger partial charge in [-0.15, -0.1) is 0 Å². The molecule has 6 rings (SSSR count). The highest BCUT2D eigenvalue weighted by Crippen LogP contribution is 2.59. The van der Waals surface area contributed by atoms with Gasteiger partial charge in [-0.25, -0.2) is 9.59 Å². The van der Waals surface area contributed by atoms with E-state index in [1.807, 2.05) is 38.1 Å². The van der Waals surface area contributed by atoms with Crippen molar-refractivity contribution in [1.82, 2.24) is 10.2 Å². The van der Waals surface area contributed by atoms with Crippen molar-refractivity contribution >= 4 is 18.0 Å². The van der Waals surface area contributed by atoms with E-state index in [9.17, 15) is 19.5 Å². The third-order valence-corrected chi connectivity index (χ3v) is 7.67. The highest BCUT2D eigenvalue weighted by atomic mass is 16.5. The molecule has 2 aromatic carbocycles. The molecule has 2 bridgehead atoms. The maximum Gasteiger partial charge on any atom is 0.407 e. The second-order valence-corrected chi connectivity index (χ2v) is 10.2. The second-order valence-electron chi connectivity index (χ2n) is 10.2. The van der Waals surface area contributed by atoms with E-state index in [0.717, 1.165) is 22.3 Å². The van der Waals surface area contributed by atoms with Crippen molar-refractivity contribution in [3.8, 4) is 11.1 Å². The first-order chi connectivity index (χ1) is 16.3. The maximum atomic E-state index is 13.3. The molecule has 2 aromatic rings. The van der Waals surface area contributed by atoms with Gasteiger partial charge in [-0.2, -0.15) is 0 Å². The van der Waals surface area contributed by atoms with Gasteiger partial charge in [0.2, 0.25) is 5.91 Å². The Bertz CT molecular complexity index is 1110. The first kappa shape index (κ1) is 22.4. The average Bonchev–Trinajstić information content (AvgIpc) is 3.40. The molecular weight excluding hydrogens is 432 g/mol. The minimum atomic E-state index is -1.14. The number of nitrogens with zero attached hydrogens (tertiary/aromatic N) is 1. The van der Waals surface area contributed by atoms with Crippen LogP contribution >= 0.6 is 0 Å². The topological polar surface area (TPSA) is 95.9 Å². The number of aliphatic carboxylic acids is 1. The molecule has 178 valence electrons. The van der Waals surface area contributed by atoms with Crippen molar-refractivity contribution in [2.45, 2.75) is 57.0 Å². The summed E-state index contributed by atoms with van der Waals surface area (Å²) in [6.45, 7) is 4.51. The number of fused-ring (bicyclic) bond motifs is 4. The molecule has 34 heavy (non-hydrogen) atoms. The van der Waals surface area contributed by atoms with E-state index in [2.05, 4.69) is 29.6 Å². The first-order valence-electron chi connectivity index (χ1n) is 11.9. The molecule has 7 heteroatoms. The lowest BCUT2D eigenvalue weighted by Gasteiger charge is -2.43. The van der Waals surface area contributed by atoms with Gasteiger partial charge in [0.05, 0.1) is 0 Å². The van der Waals surface area contributed by atoms with Crippen LogP contribution in [0.25, 0.3) is 11.1 Å². The van der Waals surface area contributed by atoms with Gasteiger partial charge in [-0.3, -0.25) is 4.79 Å². The Balaban J connectivity index is 1.27. The number of carbonyl (C=O) groups is 3. The van der Waals surface area contributed by atoms with E-state index >= 15 is 0 Å². The quantitative estimate of drug-likeness (QED) is 0.644. The van der Waals surface area contributed by atoms with Crippen molar-refractivity contribution < 1.29 is 24.2 Å². The van der Waals surface area contributed by atoms with Crippen LogP contribution in [0.2, 0.25) is 0 Å². The number of ether oxygens (including phenoxy) is 1. The van der Waals surface area contributed by atoms with Crippen LogP contribution in [-0.2, 0) is 14.3 Å². The van der Waals surface area contributed by atoms with Gasteiger partial charge in [0.15, 0.2) is 0 Å². The molecule has 3 fully saturated rings. The van der Waals surface area contributed by atoms with Crippen LogP contribution < -0.4 is 5.32 Å². The van der Waals surface area contributed by atoms with Gasteiger partial charge >= 0.3 is 12.1 Å². The molecule has 2 N–H and O–H groups in total. The Hall–Kier alpha value is -3.35. The normalized spacial score (nSPS) is 25.2. The van der Waals surface area contributed by atoms with Crippen LogP contribution in [0.15, 0.2) is 48.5 Å². The van der Waals surface area contributed by atoms with Gasteiger partial charge in [-0.1, -0.05) is 68.8 Å². The van der Waals surface area contributed by atoms with Crippen LogP contribution in [0.5, 0.6) is 0 Å². The van der Waals surface area contributed by atoms with Crippen molar-refractivity contribution in [2.75, 3.05) is 13.2 Å². The lowest BCUT2D eigenvalue weighted by molar-refractivity contribution is -0.160. The zero-order valence-corrected chi connectivity index (χ0v) is 19.5. The summed E-state index contributed by atoms with van der Waals surface area (Å²) >= 11 is 0. The number of carboxylic acid groups (broad SMARTS) is 1. The summed E-state index contributed by atoms with van der Waals surface area (Å²) in [5.74, 6) is -1.37. The molecule has 4 aliphatic rings. The number of nitrogens with one attached hydrogen (secondary N) is 1. The van der Waals surface area contributed by atoms with Crippen LogP contribution in [-0.4, -0.2) is 52.7 Å². The van der Waals surface area contributed by atoms with E-state index in [4.69, 9.17) is 4.74 Å². The molecule has 1 atom stereocenters. The Morgan fingerprint density at radius 3 is 2.24 bits per heavy atom. The van der Waals surface area contributed by atoms with Crippen molar-refractivity contribution in [3.63, 3.8) is 0 Å². The molecule has 0 radical (unpaired) electrons. The molecular formula is C27H30N2O5. The van der Waals surface area contributed by atoms with Crippen LogP contribution in [0.4, 0.5) is 4.79 Å². The van der Waals surface area contributed by atoms with Crippen molar-refractivity contribution in [1.29, 1.82) is 0 Å². The number of benzene rings is 2. The summed E-state index contributed by atoms with van der Waals surface area (Å²) in [4.78, 5) is 39.6. The average molecular weight is 463 g/mol. The van der Waals surface area contributed by atoms with E-state index < -0.39 is 23.6 Å². The third kappa shape index (κ3) is 3.45. The zero-order valence-electron chi connectivity index (χ0n) is 19.5. The second kappa shape index (κ2) is 8.15. The summed E-state index contributed by atoms with van der Waals surface area (Å²) in [6, 6.07) is 15.4. The lowest BCUT2D eigenvalue weighted by atomic mass is 9.63. The number of carbonyl (C=O) groups excluding carboxylic acids is 2. The molecule has 2 aliphatic heterocycles. The number of hydrogen-bond acceptors (Lipinski definition) is 4. The van der Waals surface area contributed by atoms with Gasteiger partial charge in [0, 0.05) is 12.5 Å². The lowest BCUT2D eigenvalue weighted by Crippen LogP contribution is -2.59. The zero-order chi connectivity index (χ0) is 24.1. The van der Waals surface area contributed by atoms with E-state index in [1.165, 1.54) is 4.90 Å². The van der Waals surface area contributed by atoms with Crippen LogP contribution in [0.1, 0.15) is 56.6 Å². The van der Waals surface area contributed by atoms with Gasteiger partial charge in [-0.05, 0) is 46.9 Å². The predicted octanol–water partition coefficient (Wildman–Crippen LogP) is 4.16. The van der Waals surface area contributed by atoms with E-state index in [-0.39, 0.29) is 23.8 Å². The highest BCUT2D eigenvalue weighted by molar-refractivity contribution is 5.93. The molecule has 0 aromatic heterocycles. The summed E-state index contributed by atoms with van der Waals surface area (Å²) in [5, 5.41) is 12.5. The Morgan fingerprint density at radius 1 is 1.09 bits per heavy atom. The minimum Gasteiger partial charge on any atom is -0.479 e. The molecule has 7 nitrogen and oxygen atoms in total. The number of carboxylic acids is 1. The van der Waals surface area contributed by atoms with Crippen LogP contribution in [0.3, 0.4) is 0 Å². The number of alkyl carbamates (subject to hydrolysis) is 1. The molecule has 2 heterocycles. The fourth-order valence-corrected chi connectivity index (χ4v) is 6.27. The van der Waals surface area contributed by atoms with Crippen LogP contribution in [0, 0.1) is 5.41 Å². The van der Waals surface area contributed by atoms with Gasteiger partial charge in [0.1, 0.15) is 18.2 Å². The Labute approximate surface area is 199 Å². The molecule has 2 amide bonds. The smallest absolute Gasteiger partial charge is 0.407 e.